The molecule has 0 saturated heterocycles. The van der Waals surface area contributed by atoms with Gasteiger partial charge in [-0.2, -0.15) is 0 Å². The number of hydrogen-bond donors (Lipinski definition) is 0. The normalized spacial score (nSPS) is 11.3. The molecular weight excluding hydrogens is 362 g/mol. The zero-order valence-electron chi connectivity index (χ0n) is 14.1. The molecule has 0 radical (unpaired) electrons. The molecule has 4 rings (SSSR count). The van der Waals surface area contributed by atoms with E-state index in [4.69, 9.17) is 11.6 Å². The van der Waals surface area contributed by atoms with E-state index in [1.54, 1.807) is 12.1 Å². The van der Waals surface area contributed by atoms with Crippen LogP contribution in [0.1, 0.15) is 11.4 Å². The minimum absolute atomic E-state index is 0.0110. The molecule has 1 heterocycles. The van der Waals surface area contributed by atoms with Gasteiger partial charge in [0.15, 0.2) is 0 Å². The molecule has 4 aromatic rings. The van der Waals surface area contributed by atoms with Gasteiger partial charge < -0.3 is 0 Å². The molecule has 0 aliphatic rings. The van der Waals surface area contributed by atoms with Gasteiger partial charge in [-0.25, -0.2) is 4.98 Å². The van der Waals surface area contributed by atoms with Crippen LogP contribution in [0.25, 0.3) is 28.9 Å². The first-order valence-corrected chi connectivity index (χ1v) is 8.65. The SMILES string of the molecule is O=[N+]([O-])c1ccc2c(c1)nc(/C=C/c1ccccc1)n2-c1cccc(Cl)c1. The molecule has 0 saturated carbocycles. The fraction of sp³-hybridized carbons (Fsp3) is 0. The number of non-ortho nitro benzene ring substituents is 1. The first-order valence-electron chi connectivity index (χ1n) is 8.28. The Kier molecular flexibility index (Phi) is 4.44. The molecule has 3 aromatic carbocycles. The zero-order chi connectivity index (χ0) is 18.8. The van der Waals surface area contributed by atoms with Gasteiger partial charge in [-0.05, 0) is 35.9 Å². The van der Waals surface area contributed by atoms with Crippen molar-refractivity contribution in [2.45, 2.75) is 0 Å². The van der Waals surface area contributed by atoms with Crippen LogP contribution in [0.15, 0.2) is 72.8 Å². The second-order valence-electron chi connectivity index (χ2n) is 5.96. The lowest BCUT2D eigenvalue weighted by molar-refractivity contribution is -0.384. The number of benzene rings is 3. The van der Waals surface area contributed by atoms with Gasteiger partial charge in [-0.15, -0.1) is 0 Å². The summed E-state index contributed by atoms with van der Waals surface area (Å²) >= 11 is 6.16. The number of nitro groups is 1. The number of imidazole rings is 1. The maximum absolute atomic E-state index is 11.1. The van der Waals surface area contributed by atoms with Crippen molar-refractivity contribution in [1.82, 2.24) is 9.55 Å². The molecule has 27 heavy (non-hydrogen) atoms. The maximum Gasteiger partial charge on any atom is 0.271 e. The van der Waals surface area contributed by atoms with E-state index in [0.717, 1.165) is 16.8 Å². The van der Waals surface area contributed by atoms with Gasteiger partial charge in [0.05, 0.1) is 16.0 Å². The summed E-state index contributed by atoms with van der Waals surface area (Å²) in [5.74, 6) is 0.664. The minimum Gasteiger partial charge on any atom is -0.293 e. The quantitative estimate of drug-likeness (QED) is 0.336. The van der Waals surface area contributed by atoms with Crippen molar-refractivity contribution in [3.8, 4) is 5.69 Å². The molecular formula is C21H14ClN3O2. The van der Waals surface area contributed by atoms with Gasteiger partial charge in [0.2, 0.25) is 0 Å². The van der Waals surface area contributed by atoms with Crippen LogP contribution in [0.2, 0.25) is 5.02 Å². The number of nitro benzene ring substituents is 1. The van der Waals surface area contributed by atoms with E-state index in [0.29, 0.717) is 16.4 Å². The number of halogens is 1. The number of fused-ring (bicyclic) bond motifs is 1. The van der Waals surface area contributed by atoms with Crippen molar-refractivity contribution in [2.75, 3.05) is 0 Å². The van der Waals surface area contributed by atoms with Gasteiger partial charge in [-0.3, -0.25) is 14.7 Å². The van der Waals surface area contributed by atoms with Crippen molar-refractivity contribution in [1.29, 1.82) is 0 Å². The number of rotatable bonds is 4. The minimum atomic E-state index is -0.419. The summed E-state index contributed by atoms with van der Waals surface area (Å²) in [6, 6.07) is 22.0. The van der Waals surface area contributed by atoms with Crippen molar-refractivity contribution in [3.63, 3.8) is 0 Å². The summed E-state index contributed by atoms with van der Waals surface area (Å²) < 4.78 is 1.93. The van der Waals surface area contributed by atoms with Gasteiger partial charge in [0, 0.05) is 22.8 Å². The van der Waals surface area contributed by atoms with Gasteiger partial charge in [0.25, 0.3) is 5.69 Å². The summed E-state index contributed by atoms with van der Waals surface area (Å²) in [6.45, 7) is 0. The van der Waals surface area contributed by atoms with E-state index in [-0.39, 0.29) is 5.69 Å². The molecule has 0 aliphatic heterocycles. The second kappa shape index (κ2) is 7.05. The molecule has 0 unspecified atom stereocenters. The van der Waals surface area contributed by atoms with E-state index >= 15 is 0 Å². The first-order chi connectivity index (χ1) is 13.1. The summed E-state index contributed by atoms with van der Waals surface area (Å²) in [5, 5.41) is 11.7. The zero-order valence-corrected chi connectivity index (χ0v) is 14.9. The Morgan fingerprint density at radius 1 is 0.963 bits per heavy atom. The lowest BCUT2D eigenvalue weighted by atomic mass is 10.2. The molecule has 0 N–H and O–H groups in total. The highest BCUT2D eigenvalue weighted by atomic mass is 35.5. The molecule has 0 fully saturated rings. The van der Waals surface area contributed by atoms with Crippen LogP contribution in [0, 0.1) is 10.1 Å². The molecule has 0 atom stereocenters. The van der Waals surface area contributed by atoms with Gasteiger partial charge >= 0.3 is 0 Å². The van der Waals surface area contributed by atoms with Crippen LogP contribution >= 0.6 is 11.6 Å². The molecule has 0 spiro atoms. The van der Waals surface area contributed by atoms with Crippen LogP contribution in [0.3, 0.4) is 0 Å². The number of hydrogen-bond acceptors (Lipinski definition) is 3. The van der Waals surface area contributed by atoms with Crippen LogP contribution in [0.4, 0.5) is 5.69 Å². The Bertz CT molecular complexity index is 1170. The smallest absolute Gasteiger partial charge is 0.271 e. The highest BCUT2D eigenvalue weighted by Crippen LogP contribution is 2.27. The van der Waals surface area contributed by atoms with Crippen molar-refractivity contribution < 1.29 is 4.92 Å². The standard InChI is InChI=1S/C21H14ClN3O2/c22-16-7-4-8-17(13-16)24-20-11-10-18(25(26)27)14-19(20)23-21(24)12-9-15-5-2-1-3-6-15/h1-14H/b12-9+. The Morgan fingerprint density at radius 3 is 2.52 bits per heavy atom. The van der Waals surface area contributed by atoms with Crippen molar-refractivity contribution >= 4 is 40.5 Å². The van der Waals surface area contributed by atoms with E-state index in [9.17, 15) is 10.1 Å². The van der Waals surface area contributed by atoms with Crippen molar-refractivity contribution in [3.05, 3.63) is 99.3 Å². The summed E-state index contributed by atoms with van der Waals surface area (Å²) in [6.07, 6.45) is 3.85. The van der Waals surface area contributed by atoms with Gasteiger partial charge in [-0.1, -0.05) is 54.1 Å². The highest BCUT2D eigenvalue weighted by molar-refractivity contribution is 6.30. The predicted molar refractivity (Wildman–Crippen MR) is 108 cm³/mol. The predicted octanol–water partition coefficient (Wildman–Crippen LogP) is 5.76. The van der Waals surface area contributed by atoms with Crippen LogP contribution < -0.4 is 0 Å². The fourth-order valence-corrected chi connectivity index (χ4v) is 3.12. The summed E-state index contributed by atoms with van der Waals surface area (Å²) in [7, 11) is 0. The van der Waals surface area contributed by atoms with E-state index in [1.807, 2.05) is 65.3 Å². The van der Waals surface area contributed by atoms with Crippen LogP contribution in [-0.4, -0.2) is 14.5 Å². The molecule has 132 valence electrons. The molecule has 6 heteroatoms. The molecule has 0 aliphatic carbocycles. The monoisotopic (exact) mass is 375 g/mol. The van der Waals surface area contributed by atoms with E-state index in [1.165, 1.54) is 12.1 Å². The topological polar surface area (TPSA) is 61.0 Å². The first kappa shape index (κ1) is 17.0. The number of aromatic nitrogens is 2. The Morgan fingerprint density at radius 2 is 1.78 bits per heavy atom. The third-order valence-corrected chi connectivity index (χ3v) is 4.40. The molecule has 0 amide bonds. The molecule has 0 bridgehead atoms. The highest BCUT2D eigenvalue weighted by Gasteiger charge is 2.14. The van der Waals surface area contributed by atoms with Crippen molar-refractivity contribution in [2.24, 2.45) is 0 Å². The summed E-state index contributed by atoms with van der Waals surface area (Å²) in [4.78, 5) is 15.3. The Balaban J connectivity index is 1.91. The maximum atomic E-state index is 11.1. The van der Waals surface area contributed by atoms with E-state index in [2.05, 4.69) is 4.98 Å². The van der Waals surface area contributed by atoms with Crippen LogP contribution in [0.5, 0.6) is 0 Å². The Labute approximate surface area is 160 Å². The average molecular weight is 376 g/mol. The second-order valence-corrected chi connectivity index (χ2v) is 6.40. The van der Waals surface area contributed by atoms with Crippen LogP contribution in [-0.2, 0) is 0 Å². The molecule has 5 nitrogen and oxygen atoms in total. The lowest BCUT2D eigenvalue weighted by Crippen LogP contribution is -1.97. The lowest BCUT2D eigenvalue weighted by Gasteiger charge is -2.07. The van der Waals surface area contributed by atoms with Gasteiger partial charge in [0.1, 0.15) is 5.82 Å². The largest absolute Gasteiger partial charge is 0.293 e. The molecule has 1 aromatic heterocycles. The Hall–Kier alpha value is -3.44. The number of nitrogens with zero attached hydrogens (tertiary/aromatic N) is 3. The summed E-state index contributed by atoms with van der Waals surface area (Å²) in [5.41, 5.74) is 3.21. The fourth-order valence-electron chi connectivity index (χ4n) is 2.93. The van der Waals surface area contributed by atoms with E-state index < -0.39 is 4.92 Å². The average Bonchev–Trinajstić information content (AvgIpc) is 3.04. The third kappa shape index (κ3) is 3.45. The third-order valence-electron chi connectivity index (χ3n) is 4.17.